The van der Waals surface area contributed by atoms with Crippen molar-refractivity contribution < 1.29 is 20.1 Å². The molecule has 0 radical (unpaired) electrons. The van der Waals surface area contributed by atoms with Gasteiger partial charge in [-0.15, -0.1) is 0 Å². The molecule has 0 rings (SSSR count). The summed E-state index contributed by atoms with van der Waals surface area (Å²) in [5.74, 6) is -0.926. The predicted molar refractivity (Wildman–Crippen MR) is 71.5 cm³/mol. The molecule has 0 saturated heterocycles. The van der Waals surface area contributed by atoms with Gasteiger partial charge in [0.05, 0.1) is 12.5 Å². The maximum absolute atomic E-state index is 10.3. The number of aliphatic hydroxyl groups is 2. The van der Waals surface area contributed by atoms with Crippen LogP contribution in [0.1, 0.15) is 70.6 Å². The molecule has 4 heteroatoms. The highest BCUT2D eigenvalue weighted by Gasteiger charge is 2.08. The van der Waals surface area contributed by atoms with E-state index in [1.165, 1.54) is 32.1 Å². The molecule has 0 aliphatic rings. The van der Waals surface area contributed by atoms with Crippen LogP contribution >= 0.6 is 0 Å². The van der Waals surface area contributed by atoms with Crippen LogP contribution < -0.4 is 0 Å². The Morgan fingerprint density at radius 3 is 1.72 bits per heavy atom. The molecular weight excluding hydrogens is 232 g/mol. The van der Waals surface area contributed by atoms with E-state index < -0.39 is 12.1 Å². The van der Waals surface area contributed by atoms with E-state index in [-0.39, 0.29) is 6.42 Å². The number of carboxylic acid groups (broad SMARTS) is 1. The van der Waals surface area contributed by atoms with Gasteiger partial charge in [0.15, 0.2) is 0 Å². The summed E-state index contributed by atoms with van der Waals surface area (Å²) in [5, 5.41) is 26.4. The van der Waals surface area contributed by atoms with Gasteiger partial charge in [-0.3, -0.25) is 4.79 Å². The minimum absolute atomic E-state index is 0.134. The lowest BCUT2D eigenvalue weighted by molar-refractivity contribution is -0.139. The first kappa shape index (κ1) is 17.4. The molecule has 4 nitrogen and oxygen atoms in total. The second kappa shape index (κ2) is 12.8. The molecule has 0 aromatic heterocycles. The Balaban J connectivity index is 3.09. The summed E-state index contributed by atoms with van der Waals surface area (Å²) in [4.78, 5) is 10.3. The molecule has 0 aromatic rings. The predicted octanol–water partition coefficient (Wildman–Crippen LogP) is 2.72. The number of aliphatic hydroxyl groups excluding tert-OH is 2. The molecule has 0 unspecified atom stereocenters. The van der Waals surface area contributed by atoms with E-state index in [9.17, 15) is 9.90 Å². The van der Waals surface area contributed by atoms with E-state index in [1.54, 1.807) is 0 Å². The fourth-order valence-electron chi connectivity index (χ4n) is 2.03. The van der Waals surface area contributed by atoms with Crippen molar-refractivity contribution in [2.24, 2.45) is 0 Å². The molecule has 0 amide bonds. The van der Waals surface area contributed by atoms with Crippen LogP contribution in [0.15, 0.2) is 0 Å². The van der Waals surface area contributed by atoms with Gasteiger partial charge in [-0.1, -0.05) is 51.4 Å². The van der Waals surface area contributed by atoms with Crippen molar-refractivity contribution in [3.8, 4) is 0 Å². The second-order valence-electron chi connectivity index (χ2n) is 4.95. The van der Waals surface area contributed by atoms with Crippen molar-refractivity contribution in [3.05, 3.63) is 0 Å². The van der Waals surface area contributed by atoms with Crippen molar-refractivity contribution in [1.29, 1.82) is 0 Å². The smallest absolute Gasteiger partial charge is 0.305 e. The Hall–Kier alpha value is -0.610. The van der Waals surface area contributed by atoms with Crippen LogP contribution in [0.3, 0.4) is 0 Å². The normalized spacial score (nSPS) is 12.6. The summed E-state index contributed by atoms with van der Waals surface area (Å²) in [6, 6.07) is 0. The van der Waals surface area contributed by atoms with Crippen LogP contribution in [0.2, 0.25) is 0 Å². The highest BCUT2D eigenvalue weighted by Crippen LogP contribution is 2.12. The molecule has 108 valence electrons. The van der Waals surface area contributed by atoms with E-state index in [0.717, 1.165) is 25.7 Å². The van der Waals surface area contributed by atoms with Gasteiger partial charge < -0.3 is 15.3 Å². The molecule has 0 spiro atoms. The Morgan fingerprint density at radius 2 is 1.28 bits per heavy atom. The molecule has 0 aromatic carbocycles. The fourth-order valence-corrected chi connectivity index (χ4v) is 2.03. The summed E-state index contributed by atoms with van der Waals surface area (Å²) in [6.45, 7) is 0.304. The van der Waals surface area contributed by atoms with Crippen LogP contribution in [0.5, 0.6) is 0 Å². The third kappa shape index (κ3) is 13.5. The van der Waals surface area contributed by atoms with Crippen LogP contribution in [-0.2, 0) is 4.79 Å². The van der Waals surface area contributed by atoms with Crippen molar-refractivity contribution in [2.75, 3.05) is 6.61 Å². The average molecular weight is 260 g/mol. The van der Waals surface area contributed by atoms with Gasteiger partial charge in [-0.2, -0.15) is 0 Å². The van der Waals surface area contributed by atoms with Gasteiger partial charge >= 0.3 is 5.97 Å². The SMILES string of the molecule is O=C(O)C[C@H](O)CCCCCCCCCCCO. The minimum atomic E-state index is -0.926. The Labute approximate surface area is 110 Å². The lowest BCUT2D eigenvalue weighted by Gasteiger charge is -2.07. The largest absolute Gasteiger partial charge is 0.481 e. The van der Waals surface area contributed by atoms with Gasteiger partial charge in [0.25, 0.3) is 0 Å². The number of hydrogen-bond acceptors (Lipinski definition) is 3. The van der Waals surface area contributed by atoms with Crippen LogP contribution in [0.25, 0.3) is 0 Å². The monoisotopic (exact) mass is 260 g/mol. The number of unbranched alkanes of at least 4 members (excludes halogenated alkanes) is 8. The Kier molecular flexibility index (Phi) is 12.4. The third-order valence-electron chi connectivity index (χ3n) is 3.11. The molecule has 0 aliphatic heterocycles. The van der Waals surface area contributed by atoms with Crippen LogP contribution in [0, 0.1) is 0 Å². The first-order valence-corrected chi connectivity index (χ1v) is 7.17. The summed E-state index contributed by atoms with van der Waals surface area (Å²) in [7, 11) is 0. The Morgan fingerprint density at radius 1 is 0.833 bits per heavy atom. The van der Waals surface area contributed by atoms with Gasteiger partial charge in [-0.25, -0.2) is 0 Å². The standard InChI is InChI=1S/C14H28O4/c15-11-9-7-5-3-1-2-4-6-8-10-13(16)12-14(17)18/h13,15-16H,1-12H2,(H,17,18)/t13-/m1/s1. The molecule has 0 aliphatic carbocycles. The maximum Gasteiger partial charge on any atom is 0.305 e. The molecule has 0 saturated carbocycles. The van der Waals surface area contributed by atoms with E-state index in [4.69, 9.17) is 10.2 Å². The Bertz CT molecular complexity index is 194. The van der Waals surface area contributed by atoms with Crippen molar-refractivity contribution >= 4 is 5.97 Å². The van der Waals surface area contributed by atoms with E-state index in [0.29, 0.717) is 13.0 Å². The fraction of sp³-hybridized carbons (Fsp3) is 0.929. The second-order valence-corrected chi connectivity index (χ2v) is 4.95. The average Bonchev–Trinajstić information content (AvgIpc) is 2.30. The first-order chi connectivity index (χ1) is 8.66. The lowest BCUT2D eigenvalue weighted by atomic mass is 10.0. The molecule has 0 heterocycles. The van der Waals surface area contributed by atoms with E-state index in [1.807, 2.05) is 0 Å². The minimum Gasteiger partial charge on any atom is -0.481 e. The van der Waals surface area contributed by atoms with E-state index >= 15 is 0 Å². The highest BCUT2D eigenvalue weighted by molar-refractivity contribution is 5.67. The van der Waals surface area contributed by atoms with E-state index in [2.05, 4.69) is 0 Å². The summed E-state index contributed by atoms with van der Waals surface area (Å²) < 4.78 is 0. The molecule has 18 heavy (non-hydrogen) atoms. The quantitative estimate of drug-likeness (QED) is 0.445. The molecule has 0 fully saturated rings. The molecule has 0 bridgehead atoms. The zero-order valence-corrected chi connectivity index (χ0v) is 11.3. The van der Waals surface area contributed by atoms with Crippen molar-refractivity contribution in [2.45, 2.75) is 76.7 Å². The van der Waals surface area contributed by atoms with Gasteiger partial charge in [0, 0.05) is 6.61 Å². The zero-order valence-electron chi connectivity index (χ0n) is 11.3. The number of rotatable bonds is 13. The molecular formula is C14H28O4. The van der Waals surface area contributed by atoms with Gasteiger partial charge in [0.1, 0.15) is 0 Å². The molecule has 1 atom stereocenters. The topological polar surface area (TPSA) is 77.8 Å². The molecule has 3 N–H and O–H groups in total. The maximum atomic E-state index is 10.3. The van der Waals surface area contributed by atoms with Gasteiger partial charge in [-0.05, 0) is 12.8 Å². The summed E-state index contributed by atoms with van der Waals surface area (Å²) in [5.41, 5.74) is 0. The number of aliphatic carboxylic acids is 1. The summed E-state index contributed by atoms with van der Waals surface area (Å²) >= 11 is 0. The zero-order chi connectivity index (χ0) is 13.6. The first-order valence-electron chi connectivity index (χ1n) is 7.17. The number of hydrogen-bond donors (Lipinski definition) is 3. The lowest BCUT2D eigenvalue weighted by Crippen LogP contribution is -2.12. The van der Waals surface area contributed by atoms with Gasteiger partial charge in [0.2, 0.25) is 0 Å². The summed E-state index contributed by atoms with van der Waals surface area (Å²) in [6.07, 6.45) is 9.89. The van der Waals surface area contributed by atoms with Crippen LogP contribution in [0.4, 0.5) is 0 Å². The van der Waals surface area contributed by atoms with Crippen molar-refractivity contribution in [1.82, 2.24) is 0 Å². The number of carbonyl (C=O) groups is 1. The van der Waals surface area contributed by atoms with Crippen LogP contribution in [-0.4, -0.2) is 34.0 Å². The third-order valence-corrected chi connectivity index (χ3v) is 3.11. The highest BCUT2D eigenvalue weighted by atomic mass is 16.4. The van der Waals surface area contributed by atoms with Crippen molar-refractivity contribution in [3.63, 3.8) is 0 Å². The number of carboxylic acids is 1.